The van der Waals surface area contributed by atoms with Crippen molar-refractivity contribution in [3.05, 3.63) is 112 Å². The molecule has 0 aromatic heterocycles. The second kappa shape index (κ2) is 6.93. The third-order valence-corrected chi connectivity index (χ3v) is 7.45. The molecule has 0 amide bonds. The standard InChI is InChI=1S/C25H23Si/c1-18-7-4-10-21(15-18)24-13-14-26(23-12-6-9-20(3)17-23)25(24)22-11-5-8-19(2)16-22/h4-17H,1-3H3. The van der Waals surface area contributed by atoms with E-state index >= 15 is 0 Å². The number of rotatable bonds is 3. The highest BCUT2D eigenvalue weighted by molar-refractivity contribution is 6.96. The molecule has 0 fully saturated rings. The summed E-state index contributed by atoms with van der Waals surface area (Å²) < 4.78 is 0. The van der Waals surface area contributed by atoms with Crippen molar-refractivity contribution >= 4 is 24.8 Å². The second-order valence-corrected chi connectivity index (χ2v) is 9.38. The maximum Gasteiger partial charge on any atom is 0.148 e. The van der Waals surface area contributed by atoms with Crippen LogP contribution < -0.4 is 5.19 Å². The van der Waals surface area contributed by atoms with Gasteiger partial charge in [0.15, 0.2) is 0 Å². The van der Waals surface area contributed by atoms with Gasteiger partial charge in [-0.05, 0) is 42.7 Å². The molecule has 0 saturated carbocycles. The van der Waals surface area contributed by atoms with Crippen molar-refractivity contribution in [1.29, 1.82) is 0 Å². The van der Waals surface area contributed by atoms with Gasteiger partial charge in [-0.3, -0.25) is 0 Å². The van der Waals surface area contributed by atoms with Crippen molar-refractivity contribution < 1.29 is 0 Å². The van der Waals surface area contributed by atoms with Crippen LogP contribution in [0.3, 0.4) is 0 Å². The van der Waals surface area contributed by atoms with Gasteiger partial charge < -0.3 is 0 Å². The fraction of sp³-hybridized carbons (Fsp3) is 0.120. The Bertz CT molecular complexity index is 1020. The van der Waals surface area contributed by atoms with E-state index < -0.39 is 8.80 Å². The minimum Gasteiger partial charge on any atom is -0.0866 e. The van der Waals surface area contributed by atoms with E-state index in [9.17, 15) is 0 Å². The average Bonchev–Trinajstić information content (AvgIpc) is 3.07. The lowest BCUT2D eigenvalue weighted by molar-refractivity contribution is 1.44. The molecule has 0 saturated heterocycles. The zero-order valence-corrected chi connectivity index (χ0v) is 16.6. The van der Waals surface area contributed by atoms with Crippen LogP contribution in [0, 0.1) is 20.8 Å². The molecule has 4 rings (SSSR count). The summed E-state index contributed by atoms with van der Waals surface area (Å²) in [7, 11) is -0.928. The molecule has 1 aliphatic heterocycles. The highest BCUT2D eigenvalue weighted by Crippen LogP contribution is 2.35. The van der Waals surface area contributed by atoms with Crippen LogP contribution in [0.25, 0.3) is 10.8 Å². The van der Waals surface area contributed by atoms with Gasteiger partial charge in [-0.15, -0.1) is 0 Å². The van der Waals surface area contributed by atoms with Gasteiger partial charge in [-0.2, -0.15) is 0 Å². The van der Waals surface area contributed by atoms with E-state index in [0.717, 1.165) is 0 Å². The molecule has 127 valence electrons. The normalized spacial score (nSPS) is 14.3. The summed E-state index contributed by atoms with van der Waals surface area (Å²) in [5.74, 6) is 0. The van der Waals surface area contributed by atoms with Crippen molar-refractivity contribution in [3.63, 3.8) is 0 Å². The van der Waals surface area contributed by atoms with E-state index in [0.29, 0.717) is 0 Å². The molecule has 1 heterocycles. The first-order chi connectivity index (χ1) is 12.6. The van der Waals surface area contributed by atoms with Gasteiger partial charge in [0.1, 0.15) is 8.80 Å². The number of allylic oxidation sites excluding steroid dienone is 2. The van der Waals surface area contributed by atoms with Crippen LogP contribution in [0.5, 0.6) is 0 Å². The van der Waals surface area contributed by atoms with Gasteiger partial charge in [0.2, 0.25) is 0 Å². The molecule has 1 radical (unpaired) electrons. The quantitative estimate of drug-likeness (QED) is 0.541. The summed E-state index contributed by atoms with van der Waals surface area (Å²) in [6.45, 7) is 6.53. The first kappa shape index (κ1) is 16.8. The van der Waals surface area contributed by atoms with Crippen molar-refractivity contribution in [2.45, 2.75) is 20.8 Å². The Morgan fingerprint density at radius 2 is 1.19 bits per heavy atom. The van der Waals surface area contributed by atoms with Crippen molar-refractivity contribution in [1.82, 2.24) is 0 Å². The minimum atomic E-state index is -0.928. The first-order valence-electron chi connectivity index (χ1n) is 9.12. The van der Waals surface area contributed by atoms with E-state index in [1.54, 1.807) is 0 Å². The predicted octanol–water partition coefficient (Wildman–Crippen LogP) is 5.57. The highest BCUT2D eigenvalue weighted by atomic mass is 28.3. The Labute approximate surface area is 158 Å². The van der Waals surface area contributed by atoms with Crippen LogP contribution in [-0.4, -0.2) is 8.80 Å². The molecular formula is C25H23Si. The Hall–Kier alpha value is -2.64. The molecule has 26 heavy (non-hydrogen) atoms. The molecule has 1 aliphatic rings. The third kappa shape index (κ3) is 3.23. The second-order valence-electron chi connectivity index (χ2n) is 7.14. The molecule has 0 aliphatic carbocycles. The van der Waals surface area contributed by atoms with Gasteiger partial charge >= 0.3 is 0 Å². The van der Waals surface area contributed by atoms with E-state index in [1.807, 2.05) is 0 Å². The van der Waals surface area contributed by atoms with Crippen LogP contribution in [0.15, 0.2) is 84.6 Å². The maximum absolute atomic E-state index is 2.45. The van der Waals surface area contributed by atoms with Crippen molar-refractivity contribution in [2.75, 3.05) is 0 Å². The summed E-state index contributed by atoms with van der Waals surface area (Å²) in [5, 5.41) is 2.97. The SMILES string of the molecule is Cc1cccc(C2=C(c3cccc(C)c3)[Si](c3cccc(C)c3)C=C2)c1. The molecule has 3 aromatic carbocycles. The molecule has 1 heteroatoms. The van der Waals surface area contributed by atoms with Gasteiger partial charge in [0.25, 0.3) is 0 Å². The first-order valence-corrected chi connectivity index (χ1v) is 10.7. The number of hydrogen-bond donors (Lipinski definition) is 0. The summed E-state index contributed by atoms with van der Waals surface area (Å²) in [6, 6.07) is 26.9. The van der Waals surface area contributed by atoms with Crippen LogP contribution in [0.2, 0.25) is 0 Å². The summed E-state index contributed by atoms with van der Waals surface area (Å²) in [6.07, 6.45) is 2.35. The fourth-order valence-corrected chi connectivity index (χ4v) is 6.32. The van der Waals surface area contributed by atoms with Crippen molar-refractivity contribution in [3.8, 4) is 0 Å². The topological polar surface area (TPSA) is 0 Å². The van der Waals surface area contributed by atoms with Gasteiger partial charge in [-0.25, -0.2) is 0 Å². The summed E-state index contributed by atoms with van der Waals surface area (Å²) >= 11 is 0. The van der Waals surface area contributed by atoms with Crippen LogP contribution in [0.4, 0.5) is 0 Å². The lowest BCUT2D eigenvalue weighted by atomic mass is 10.0. The zero-order chi connectivity index (χ0) is 18.1. The van der Waals surface area contributed by atoms with Gasteiger partial charge in [0, 0.05) is 0 Å². The minimum absolute atomic E-state index is 0.928. The summed E-state index contributed by atoms with van der Waals surface area (Å²) in [5.41, 5.74) is 10.5. The number of hydrogen-bond acceptors (Lipinski definition) is 0. The zero-order valence-electron chi connectivity index (χ0n) is 15.6. The fourth-order valence-electron chi connectivity index (χ4n) is 3.70. The molecule has 0 unspecified atom stereocenters. The largest absolute Gasteiger partial charge is 0.148 e. The molecule has 0 N–H and O–H groups in total. The third-order valence-electron chi connectivity index (χ3n) is 4.92. The lowest BCUT2D eigenvalue weighted by Crippen LogP contribution is -2.29. The van der Waals surface area contributed by atoms with Crippen LogP contribution in [0.1, 0.15) is 27.8 Å². The van der Waals surface area contributed by atoms with Crippen LogP contribution in [-0.2, 0) is 0 Å². The average molecular weight is 352 g/mol. The molecule has 0 bridgehead atoms. The van der Waals surface area contributed by atoms with E-state index in [4.69, 9.17) is 0 Å². The summed E-state index contributed by atoms with van der Waals surface area (Å²) in [4.78, 5) is 0. The maximum atomic E-state index is 2.45. The van der Waals surface area contributed by atoms with Gasteiger partial charge in [-0.1, -0.05) is 106 Å². The van der Waals surface area contributed by atoms with E-state index in [-0.39, 0.29) is 0 Å². The molecular weight excluding hydrogens is 328 g/mol. The Kier molecular flexibility index (Phi) is 4.48. The van der Waals surface area contributed by atoms with E-state index in [2.05, 4.69) is 105 Å². The molecule has 3 aromatic rings. The predicted molar refractivity (Wildman–Crippen MR) is 115 cm³/mol. The lowest BCUT2D eigenvalue weighted by Gasteiger charge is -2.17. The molecule has 0 nitrogen and oxygen atoms in total. The smallest absolute Gasteiger partial charge is 0.0866 e. The molecule has 0 atom stereocenters. The Morgan fingerprint density at radius 3 is 1.85 bits per heavy atom. The van der Waals surface area contributed by atoms with Crippen LogP contribution >= 0.6 is 0 Å². The molecule has 0 spiro atoms. The number of benzene rings is 3. The monoisotopic (exact) mass is 351 g/mol. The van der Waals surface area contributed by atoms with Gasteiger partial charge in [0.05, 0.1) is 0 Å². The Morgan fingerprint density at radius 1 is 0.615 bits per heavy atom. The van der Waals surface area contributed by atoms with Crippen molar-refractivity contribution in [2.24, 2.45) is 0 Å². The Balaban J connectivity index is 1.92. The highest BCUT2D eigenvalue weighted by Gasteiger charge is 2.26. The van der Waals surface area contributed by atoms with E-state index in [1.165, 1.54) is 43.8 Å². The number of aryl methyl sites for hydroxylation is 3.